The molecule has 0 spiro atoms. The van der Waals surface area contributed by atoms with Gasteiger partial charge in [-0.3, -0.25) is 4.79 Å². The number of carbonyl (C=O) groups is 2. The molecule has 0 aromatic heterocycles. The number of likely N-dealkylation sites (N-methyl/N-ethyl adjacent to an activating group) is 1. The number of sulfone groups is 1. The van der Waals surface area contributed by atoms with Crippen molar-refractivity contribution in [2.75, 3.05) is 38.4 Å². The summed E-state index contributed by atoms with van der Waals surface area (Å²) >= 11 is 0. The number of nitrogens with zero attached hydrogens (tertiary/aromatic N) is 1. The Kier molecular flexibility index (Phi) is 7.51. The second-order valence-electron chi connectivity index (χ2n) is 7.14. The molecule has 1 atom stereocenters. The Balaban J connectivity index is 1.49. The quantitative estimate of drug-likeness (QED) is 0.428. The first-order valence-electron chi connectivity index (χ1n) is 9.88. The Morgan fingerprint density at radius 2 is 1.68 bits per heavy atom. The van der Waals surface area contributed by atoms with Crippen LogP contribution in [0.1, 0.15) is 16.8 Å². The molecule has 1 aliphatic heterocycles. The van der Waals surface area contributed by atoms with Gasteiger partial charge in [-0.25, -0.2) is 13.2 Å². The molecule has 0 bridgehead atoms. The highest BCUT2D eigenvalue weighted by Crippen LogP contribution is 2.20. The van der Waals surface area contributed by atoms with Gasteiger partial charge >= 0.3 is 5.97 Å². The van der Waals surface area contributed by atoms with E-state index in [1.807, 2.05) is 30.3 Å². The van der Waals surface area contributed by atoms with Crippen LogP contribution in [0, 0.1) is 0 Å². The molecular formula is C22H25NO7S. The first-order chi connectivity index (χ1) is 14.9. The zero-order valence-corrected chi connectivity index (χ0v) is 18.0. The lowest BCUT2D eigenvalue weighted by atomic mass is 10.2. The highest BCUT2D eigenvalue weighted by Gasteiger charge is 2.33. The van der Waals surface area contributed by atoms with E-state index >= 15 is 0 Å². The lowest BCUT2D eigenvalue weighted by Crippen LogP contribution is -2.40. The zero-order valence-electron chi connectivity index (χ0n) is 17.2. The maximum absolute atomic E-state index is 12.5. The van der Waals surface area contributed by atoms with E-state index in [0.717, 1.165) is 5.75 Å². The minimum atomic E-state index is -3.11. The third-order valence-electron chi connectivity index (χ3n) is 4.94. The normalized spacial score (nSPS) is 17.0. The monoisotopic (exact) mass is 447 g/mol. The van der Waals surface area contributed by atoms with Crippen molar-refractivity contribution in [2.45, 2.75) is 12.5 Å². The Morgan fingerprint density at radius 1 is 1.00 bits per heavy atom. The van der Waals surface area contributed by atoms with E-state index in [1.165, 1.54) is 11.9 Å². The van der Waals surface area contributed by atoms with E-state index in [1.54, 1.807) is 24.3 Å². The number of rotatable bonds is 9. The number of amides is 1. The van der Waals surface area contributed by atoms with Gasteiger partial charge in [-0.05, 0) is 30.7 Å². The van der Waals surface area contributed by atoms with Crippen molar-refractivity contribution in [1.82, 2.24) is 4.90 Å². The number of ether oxygens (including phenoxy) is 3. The summed E-state index contributed by atoms with van der Waals surface area (Å²) in [5.41, 5.74) is 0.195. The van der Waals surface area contributed by atoms with Crippen molar-refractivity contribution in [3.8, 4) is 11.5 Å². The summed E-state index contributed by atoms with van der Waals surface area (Å²) in [4.78, 5) is 26.1. The highest BCUT2D eigenvalue weighted by molar-refractivity contribution is 7.91. The lowest BCUT2D eigenvalue weighted by Gasteiger charge is -2.23. The van der Waals surface area contributed by atoms with Crippen LogP contribution in [0.3, 0.4) is 0 Å². The standard InChI is InChI=1S/C22H25NO7S/c1-23(17-11-14-31(26,27)16-17)21(24)15-30-22(25)19-9-5-6-10-20(19)29-13-12-28-18-7-3-2-4-8-18/h2-10,17H,11-16H2,1H3. The largest absolute Gasteiger partial charge is 0.490 e. The second kappa shape index (κ2) is 10.3. The summed E-state index contributed by atoms with van der Waals surface area (Å²) < 4.78 is 39.6. The highest BCUT2D eigenvalue weighted by atomic mass is 32.2. The molecule has 1 heterocycles. The predicted octanol–water partition coefficient (Wildman–Crippen LogP) is 1.95. The molecule has 8 nitrogen and oxygen atoms in total. The molecule has 3 rings (SSSR count). The number of carbonyl (C=O) groups excluding carboxylic acids is 2. The van der Waals surface area contributed by atoms with Gasteiger partial charge in [0.25, 0.3) is 5.91 Å². The van der Waals surface area contributed by atoms with Gasteiger partial charge < -0.3 is 19.1 Å². The van der Waals surface area contributed by atoms with Crippen molar-refractivity contribution >= 4 is 21.7 Å². The van der Waals surface area contributed by atoms with Gasteiger partial charge in [0.2, 0.25) is 0 Å². The fraction of sp³-hybridized carbons (Fsp3) is 0.364. The number of benzene rings is 2. The predicted molar refractivity (Wildman–Crippen MR) is 114 cm³/mol. The molecule has 2 aromatic carbocycles. The van der Waals surface area contributed by atoms with Crippen LogP contribution in [0.25, 0.3) is 0 Å². The SMILES string of the molecule is CN(C(=O)COC(=O)c1ccccc1OCCOc1ccccc1)C1CCS(=O)(=O)C1. The molecule has 0 radical (unpaired) electrons. The summed E-state index contributed by atoms with van der Waals surface area (Å²) in [6, 6.07) is 15.5. The maximum Gasteiger partial charge on any atom is 0.342 e. The molecule has 1 saturated heterocycles. The third-order valence-corrected chi connectivity index (χ3v) is 6.69. The van der Waals surface area contributed by atoms with Crippen molar-refractivity contribution in [2.24, 2.45) is 0 Å². The number of hydrogen-bond donors (Lipinski definition) is 0. The number of esters is 1. The van der Waals surface area contributed by atoms with Crippen LogP contribution in [0.2, 0.25) is 0 Å². The summed E-state index contributed by atoms with van der Waals surface area (Å²) in [5.74, 6) is -0.104. The van der Waals surface area contributed by atoms with E-state index < -0.39 is 34.4 Å². The van der Waals surface area contributed by atoms with Gasteiger partial charge in [-0.2, -0.15) is 0 Å². The number of para-hydroxylation sites is 2. The van der Waals surface area contributed by atoms with Gasteiger partial charge in [-0.1, -0.05) is 30.3 Å². The van der Waals surface area contributed by atoms with Crippen LogP contribution in [0.5, 0.6) is 11.5 Å². The lowest BCUT2D eigenvalue weighted by molar-refractivity contribution is -0.134. The van der Waals surface area contributed by atoms with Crippen LogP contribution in [-0.4, -0.2) is 69.6 Å². The summed E-state index contributed by atoms with van der Waals surface area (Å²) in [7, 11) is -1.59. The van der Waals surface area contributed by atoms with Crippen LogP contribution in [0.4, 0.5) is 0 Å². The van der Waals surface area contributed by atoms with E-state index in [2.05, 4.69) is 0 Å². The molecule has 1 amide bonds. The molecule has 1 unspecified atom stereocenters. The summed E-state index contributed by atoms with van der Waals surface area (Å²) in [6.45, 7) is 0.0370. The molecule has 1 aliphatic rings. The Labute approximate surface area is 181 Å². The minimum absolute atomic E-state index is 0.0633. The average molecular weight is 448 g/mol. The molecule has 9 heteroatoms. The first kappa shape index (κ1) is 22.6. The van der Waals surface area contributed by atoms with Gasteiger partial charge in [0.15, 0.2) is 16.4 Å². The molecule has 0 N–H and O–H groups in total. The van der Waals surface area contributed by atoms with Gasteiger partial charge in [0.05, 0.1) is 11.5 Å². The maximum atomic E-state index is 12.5. The molecular weight excluding hydrogens is 422 g/mol. The summed E-state index contributed by atoms with van der Waals surface area (Å²) in [5, 5.41) is 0. The smallest absolute Gasteiger partial charge is 0.342 e. The van der Waals surface area contributed by atoms with Gasteiger partial charge in [-0.15, -0.1) is 0 Å². The Bertz CT molecular complexity index is 1010. The molecule has 2 aromatic rings. The van der Waals surface area contributed by atoms with E-state index in [-0.39, 0.29) is 23.7 Å². The molecule has 0 saturated carbocycles. The fourth-order valence-electron chi connectivity index (χ4n) is 3.18. The molecule has 166 valence electrons. The van der Waals surface area contributed by atoms with Crippen LogP contribution in [-0.2, 0) is 19.4 Å². The fourth-order valence-corrected chi connectivity index (χ4v) is 4.95. The molecule has 0 aliphatic carbocycles. The first-order valence-corrected chi connectivity index (χ1v) is 11.7. The van der Waals surface area contributed by atoms with Crippen molar-refractivity contribution in [3.05, 3.63) is 60.2 Å². The number of hydrogen-bond acceptors (Lipinski definition) is 7. The second-order valence-corrected chi connectivity index (χ2v) is 9.37. The third kappa shape index (κ3) is 6.45. The van der Waals surface area contributed by atoms with Gasteiger partial charge in [0.1, 0.15) is 30.3 Å². The van der Waals surface area contributed by atoms with Crippen LogP contribution in [0.15, 0.2) is 54.6 Å². The van der Waals surface area contributed by atoms with Crippen molar-refractivity contribution in [1.29, 1.82) is 0 Å². The van der Waals surface area contributed by atoms with Crippen LogP contribution < -0.4 is 9.47 Å². The van der Waals surface area contributed by atoms with E-state index in [4.69, 9.17) is 14.2 Å². The molecule has 31 heavy (non-hydrogen) atoms. The Morgan fingerprint density at radius 3 is 2.39 bits per heavy atom. The van der Waals surface area contributed by atoms with E-state index in [0.29, 0.717) is 18.8 Å². The van der Waals surface area contributed by atoms with Gasteiger partial charge in [0, 0.05) is 13.1 Å². The zero-order chi connectivity index (χ0) is 22.3. The topological polar surface area (TPSA) is 99.2 Å². The van der Waals surface area contributed by atoms with Crippen molar-refractivity contribution < 1.29 is 32.2 Å². The van der Waals surface area contributed by atoms with E-state index in [9.17, 15) is 18.0 Å². The average Bonchev–Trinajstić information content (AvgIpc) is 3.15. The van der Waals surface area contributed by atoms with Crippen LogP contribution >= 0.6 is 0 Å². The molecule has 1 fully saturated rings. The van der Waals surface area contributed by atoms with Crippen molar-refractivity contribution in [3.63, 3.8) is 0 Å². The Hall–Kier alpha value is -3.07. The summed E-state index contributed by atoms with van der Waals surface area (Å²) in [6.07, 6.45) is 0.389. The minimum Gasteiger partial charge on any atom is -0.490 e.